The number of benzene rings is 1. The van der Waals surface area contributed by atoms with Crippen molar-refractivity contribution in [2.24, 2.45) is 0 Å². The first kappa shape index (κ1) is 14.5. The van der Waals surface area contributed by atoms with E-state index >= 15 is 0 Å². The number of aliphatic hydroxyl groups is 1. The molecule has 2 rings (SSSR count). The molecule has 1 fully saturated rings. The Morgan fingerprint density at radius 3 is 2.58 bits per heavy atom. The van der Waals surface area contributed by atoms with E-state index in [2.05, 4.69) is 0 Å². The second-order valence-electron chi connectivity index (χ2n) is 5.07. The molecule has 1 saturated heterocycles. The first-order chi connectivity index (χ1) is 8.97. The normalized spacial score (nSPS) is 21.5. The third-order valence-electron chi connectivity index (χ3n) is 3.48. The van der Waals surface area contributed by atoms with Crippen LogP contribution in [0.5, 0.6) is 0 Å². The highest BCUT2D eigenvalue weighted by atomic mass is 32.2. The summed E-state index contributed by atoms with van der Waals surface area (Å²) in [5.74, 6) is 0. The number of ether oxygens (including phenoxy) is 1. The van der Waals surface area contributed by atoms with Crippen LogP contribution in [0.15, 0.2) is 29.2 Å². The smallest absolute Gasteiger partial charge is 0.175 e. The fourth-order valence-corrected chi connectivity index (χ4v) is 2.95. The Kier molecular flexibility index (Phi) is 4.60. The molecular weight excluding hydrogens is 264 g/mol. The molecule has 0 bridgehead atoms. The summed E-state index contributed by atoms with van der Waals surface area (Å²) in [6.45, 7) is 0.823. The topological polar surface area (TPSA) is 63.6 Å². The van der Waals surface area contributed by atoms with Gasteiger partial charge in [-0.05, 0) is 43.4 Å². The molecular formula is C14H20O4S. The molecule has 4 nitrogen and oxygen atoms in total. The van der Waals surface area contributed by atoms with E-state index in [9.17, 15) is 13.5 Å². The third kappa shape index (κ3) is 4.03. The zero-order valence-corrected chi connectivity index (χ0v) is 11.9. The summed E-state index contributed by atoms with van der Waals surface area (Å²) in [7, 11) is -3.17. The highest BCUT2D eigenvalue weighted by molar-refractivity contribution is 7.90. The average Bonchev–Trinajstić information content (AvgIpc) is 2.88. The molecule has 0 radical (unpaired) electrons. The van der Waals surface area contributed by atoms with Crippen LogP contribution in [0.2, 0.25) is 0 Å². The fraction of sp³-hybridized carbons (Fsp3) is 0.571. The number of rotatable bonds is 5. The average molecular weight is 284 g/mol. The van der Waals surface area contributed by atoms with E-state index in [1.165, 1.54) is 6.26 Å². The fourth-order valence-electron chi connectivity index (χ4n) is 2.32. The molecule has 19 heavy (non-hydrogen) atoms. The lowest BCUT2D eigenvalue weighted by Crippen LogP contribution is -2.08. The van der Waals surface area contributed by atoms with Crippen LogP contribution in [0.25, 0.3) is 0 Å². The lowest BCUT2D eigenvalue weighted by molar-refractivity contribution is 0.0812. The highest BCUT2D eigenvalue weighted by Crippen LogP contribution is 2.24. The van der Waals surface area contributed by atoms with Crippen molar-refractivity contribution in [3.05, 3.63) is 29.8 Å². The van der Waals surface area contributed by atoms with E-state index in [4.69, 9.17) is 4.74 Å². The molecule has 1 aliphatic rings. The molecule has 1 aliphatic heterocycles. The molecule has 2 atom stereocenters. The van der Waals surface area contributed by atoms with Gasteiger partial charge in [-0.25, -0.2) is 8.42 Å². The molecule has 1 heterocycles. The predicted octanol–water partition coefficient (Wildman–Crippen LogP) is 2.08. The van der Waals surface area contributed by atoms with Gasteiger partial charge < -0.3 is 9.84 Å². The number of hydrogen-bond donors (Lipinski definition) is 1. The van der Waals surface area contributed by atoms with Crippen molar-refractivity contribution in [3.63, 3.8) is 0 Å². The van der Waals surface area contributed by atoms with Gasteiger partial charge >= 0.3 is 0 Å². The molecule has 0 aliphatic carbocycles. The minimum atomic E-state index is -3.17. The van der Waals surface area contributed by atoms with E-state index in [-0.39, 0.29) is 11.0 Å². The molecule has 0 aromatic heterocycles. The summed E-state index contributed by atoms with van der Waals surface area (Å²) in [6, 6.07) is 6.44. The van der Waals surface area contributed by atoms with E-state index in [0.717, 1.165) is 31.4 Å². The van der Waals surface area contributed by atoms with Gasteiger partial charge in [0.2, 0.25) is 0 Å². The van der Waals surface area contributed by atoms with Gasteiger partial charge in [-0.1, -0.05) is 12.1 Å². The minimum absolute atomic E-state index is 0.268. The maximum absolute atomic E-state index is 11.3. The van der Waals surface area contributed by atoms with Gasteiger partial charge in [0.25, 0.3) is 0 Å². The van der Waals surface area contributed by atoms with E-state index in [1.54, 1.807) is 24.3 Å². The van der Waals surface area contributed by atoms with Crippen LogP contribution in [0.3, 0.4) is 0 Å². The van der Waals surface area contributed by atoms with E-state index < -0.39 is 15.9 Å². The molecule has 0 amide bonds. The van der Waals surface area contributed by atoms with Gasteiger partial charge in [0.05, 0.1) is 17.1 Å². The molecule has 5 heteroatoms. The summed E-state index contributed by atoms with van der Waals surface area (Å²) in [5.41, 5.74) is 0.755. The van der Waals surface area contributed by atoms with Crippen molar-refractivity contribution >= 4 is 9.84 Å². The third-order valence-corrected chi connectivity index (χ3v) is 4.61. The SMILES string of the molecule is CS(=O)(=O)c1ccc(C(O)CCC2CCCO2)cc1. The Morgan fingerprint density at radius 2 is 2.05 bits per heavy atom. The van der Waals surface area contributed by atoms with Crippen LogP contribution < -0.4 is 0 Å². The van der Waals surface area contributed by atoms with Crippen molar-refractivity contribution in [2.75, 3.05) is 12.9 Å². The predicted molar refractivity (Wildman–Crippen MR) is 72.7 cm³/mol. The zero-order valence-electron chi connectivity index (χ0n) is 11.1. The largest absolute Gasteiger partial charge is 0.388 e. The lowest BCUT2D eigenvalue weighted by Gasteiger charge is -2.14. The van der Waals surface area contributed by atoms with Crippen LogP contribution in [0.1, 0.15) is 37.4 Å². The summed E-state index contributed by atoms with van der Waals surface area (Å²) < 4.78 is 28.2. The summed E-state index contributed by atoms with van der Waals surface area (Å²) in [5, 5.41) is 10.1. The molecule has 1 aromatic carbocycles. The van der Waals surface area contributed by atoms with Crippen LogP contribution >= 0.6 is 0 Å². The Labute approximate surface area is 114 Å². The van der Waals surface area contributed by atoms with Crippen molar-refractivity contribution < 1.29 is 18.3 Å². The van der Waals surface area contributed by atoms with Crippen molar-refractivity contribution in [3.8, 4) is 0 Å². The van der Waals surface area contributed by atoms with Crippen LogP contribution in [-0.4, -0.2) is 32.5 Å². The molecule has 2 unspecified atom stereocenters. The Morgan fingerprint density at radius 1 is 1.37 bits per heavy atom. The second-order valence-corrected chi connectivity index (χ2v) is 7.09. The van der Waals surface area contributed by atoms with Crippen LogP contribution in [0, 0.1) is 0 Å². The minimum Gasteiger partial charge on any atom is -0.388 e. The number of sulfone groups is 1. The first-order valence-corrected chi connectivity index (χ1v) is 8.45. The standard InChI is InChI=1S/C14H20O4S/c1-19(16,17)13-7-4-11(5-8-13)14(15)9-6-12-3-2-10-18-12/h4-5,7-8,12,14-15H,2-3,6,9-10H2,1H3. The van der Waals surface area contributed by atoms with Gasteiger partial charge in [0.15, 0.2) is 9.84 Å². The Bertz CT molecular complexity index is 501. The summed E-state index contributed by atoms with van der Waals surface area (Å²) in [4.78, 5) is 0.280. The Balaban J connectivity index is 1.93. The van der Waals surface area contributed by atoms with Crippen molar-refractivity contribution in [2.45, 2.75) is 42.8 Å². The maximum Gasteiger partial charge on any atom is 0.175 e. The van der Waals surface area contributed by atoms with Gasteiger partial charge in [-0.15, -0.1) is 0 Å². The number of aliphatic hydroxyl groups excluding tert-OH is 1. The van der Waals surface area contributed by atoms with Gasteiger partial charge in [-0.3, -0.25) is 0 Å². The number of hydrogen-bond acceptors (Lipinski definition) is 4. The second kappa shape index (κ2) is 6.03. The van der Waals surface area contributed by atoms with E-state index in [1.807, 2.05) is 0 Å². The van der Waals surface area contributed by atoms with Crippen molar-refractivity contribution in [1.29, 1.82) is 0 Å². The monoisotopic (exact) mass is 284 g/mol. The molecule has 0 spiro atoms. The quantitative estimate of drug-likeness (QED) is 0.899. The Hall–Kier alpha value is -0.910. The summed E-state index contributed by atoms with van der Waals surface area (Å²) >= 11 is 0. The zero-order chi connectivity index (χ0) is 13.9. The molecule has 106 valence electrons. The molecule has 0 saturated carbocycles. The van der Waals surface area contributed by atoms with Gasteiger partial charge in [0.1, 0.15) is 0 Å². The van der Waals surface area contributed by atoms with Gasteiger partial charge in [-0.2, -0.15) is 0 Å². The van der Waals surface area contributed by atoms with Crippen LogP contribution in [0.4, 0.5) is 0 Å². The lowest BCUT2D eigenvalue weighted by atomic mass is 10.0. The van der Waals surface area contributed by atoms with Crippen molar-refractivity contribution in [1.82, 2.24) is 0 Å². The summed E-state index contributed by atoms with van der Waals surface area (Å²) in [6.07, 6.45) is 4.54. The molecule has 1 N–H and O–H groups in total. The highest BCUT2D eigenvalue weighted by Gasteiger charge is 2.18. The maximum atomic E-state index is 11.3. The van der Waals surface area contributed by atoms with Crippen LogP contribution in [-0.2, 0) is 14.6 Å². The van der Waals surface area contributed by atoms with E-state index in [0.29, 0.717) is 6.42 Å². The molecule has 1 aromatic rings. The van der Waals surface area contributed by atoms with Gasteiger partial charge in [0, 0.05) is 12.9 Å². The first-order valence-electron chi connectivity index (χ1n) is 6.56.